The van der Waals surface area contributed by atoms with Crippen LogP contribution >= 0.6 is 0 Å². The predicted molar refractivity (Wildman–Crippen MR) is 368 cm³/mol. The highest BCUT2D eigenvalue weighted by Crippen LogP contribution is 2.47. The van der Waals surface area contributed by atoms with E-state index in [-0.39, 0.29) is 17.5 Å². The molecule has 0 bridgehead atoms. The van der Waals surface area contributed by atoms with Crippen molar-refractivity contribution in [2.75, 3.05) is 19.6 Å². The van der Waals surface area contributed by atoms with E-state index in [1.54, 1.807) is 36.4 Å². The maximum absolute atomic E-state index is 14.9. The summed E-state index contributed by atoms with van der Waals surface area (Å²) >= 11 is 0. The van der Waals surface area contributed by atoms with Gasteiger partial charge in [-0.15, -0.1) is 0 Å². The van der Waals surface area contributed by atoms with Gasteiger partial charge >= 0.3 is 0 Å². The first-order valence-corrected chi connectivity index (χ1v) is 30.4. The van der Waals surface area contributed by atoms with E-state index in [0.29, 0.717) is 22.3 Å². The van der Waals surface area contributed by atoms with Crippen LogP contribution in [0.5, 0.6) is 0 Å². The lowest BCUT2D eigenvalue weighted by Crippen LogP contribution is -2.10. The standard InChI is InChI=1S/C81H53F3N4O4/c1-48-4-15-54(16-5-48)85(55-17-6-49(2)7-18-55)59-25-33-76-68(41-59)69-43-62(28-35-77(69)90-76)87(57-21-11-52(83)12-22-57)63-29-37-80-72(45-63)73-47-65(31-39-81(73)92-80)88(58-23-13-53(84)14-24-58)64-30-38-79-71(46-64)70-44-61(27-36-78(70)91-79)86(56-19-9-51(82)10-20-56)60-26-34-75-67(42-60)66-40-50(3)8-32-74(66)89-75/h4-47H,1-3H3. The van der Waals surface area contributed by atoms with Crippen molar-refractivity contribution in [3.05, 3.63) is 301 Å². The van der Waals surface area contributed by atoms with Crippen LogP contribution in [-0.4, -0.2) is 0 Å². The van der Waals surface area contributed by atoms with Gasteiger partial charge in [0.2, 0.25) is 0 Å². The third-order valence-corrected chi connectivity index (χ3v) is 17.6. The average molecular weight is 1200 g/mol. The van der Waals surface area contributed by atoms with Gasteiger partial charge in [0.15, 0.2) is 0 Å². The zero-order valence-electron chi connectivity index (χ0n) is 50.0. The molecular weight excluding hydrogens is 1150 g/mol. The normalized spacial score (nSPS) is 11.8. The first-order valence-electron chi connectivity index (χ1n) is 30.4. The van der Waals surface area contributed by atoms with E-state index >= 15 is 0 Å². The third-order valence-electron chi connectivity index (χ3n) is 17.6. The molecule has 0 amide bonds. The lowest BCUT2D eigenvalue weighted by atomic mass is 10.1. The number of fused-ring (bicyclic) bond motifs is 12. The molecule has 0 aliphatic rings. The zero-order chi connectivity index (χ0) is 61.9. The molecule has 92 heavy (non-hydrogen) atoms. The van der Waals surface area contributed by atoms with Gasteiger partial charge in [-0.05, 0) is 257 Å². The van der Waals surface area contributed by atoms with Gasteiger partial charge in [0, 0.05) is 111 Å². The molecule has 17 rings (SSSR count). The fourth-order valence-corrected chi connectivity index (χ4v) is 13.1. The number of halogens is 3. The van der Waals surface area contributed by atoms with Crippen LogP contribution in [0.15, 0.2) is 285 Å². The van der Waals surface area contributed by atoms with Crippen molar-refractivity contribution < 1.29 is 30.8 Å². The highest BCUT2D eigenvalue weighted by Gasteiger charge is 2.24. The molecule has 0 unspecified atom stereocenters. The fourth-order valence-electron chi connectivity index (χ4n) is 13.1. The number of hydrogen-bond donors (Lipinski definition) is 0. The molecule has 17 aromatic rings. The van der Waals surface area contributed by atoms with Crippen LogP contribution in [0, 0.1) is 38.2 Å². The van der Waals surface area contributed by atoms with E-state index in [1.165, 1.54) is 47.5 Å². The first-order chi connectivity index (χ1) is 45.0. The Bertz CT molecular complexity index is 5690. The van der Waals surface area contributed by atoms with E-state index in [0.717, 1.165) is 139 Å². The molecular formula is C81H53F3N4O4. The molecule has 13 aromatic carbocycles. The molecule has 0 fully saturated rings. The zero-order valence-corrected chi connectivity index (χ0v) is 50.0. The number of furan rings is 4. The van der Waals surface area contributed by atoms with E-state index in [4.69, 9.17) is 17.7 Å². The number of hydrogen-bond acceptors (Lipinski definition) is 8. The molecule has 442 valence electrons. The van der Waals surface area contributed by atoms with Gasteiger partial charge in [-0.3, -0.25) is 0 Å². The Hall–Kier alpha value is -12.0. The highest BCUT2D eigenvalue weighted by molar-refractivity contribution is 6.12. The second-order valence-electron chi connectivity index (χ2n) is 23.6. The Balaban J connectivity index is 0.776. The van der Waals surface area contributed by atoms with Crippen LogP contribution in [0.1, 0.15) is 16.7 Å². The van der Waals surface area contributed by atoms with E-state index in [9.17, 15) is 13.2 Å². The minimum atomic E-state index is -0.360. The van der Waals surface area contributed by atoms with E-state index in [2.05, 4.69) is 143 Å². The average Bonchev–Trinajstić information content (AvgIpc) is 1.75. The minimum absolute atomic E-state index is 0.335. The van der Waals surface area contributed by atoms with Gasteiger partial charge < -0.3 is 37.3 Å². The summed E-state index contributed by atoms with van der Waals surface area (Å²) in [4.78, 5) is 8.59. The molecule has 0 N–H and O–H groups in total. The molecule has 4 heterocycles. The van der Waals surface area contributed by atoms with Crippen molar-refractivity contribution in [1.82, 2.24) is 0 Å². The van der Waals surface area contributed by atoms with Crippen LogP contribution in [0.4, 0.5) is 81.4 Å². The summed E-state index contributed by atoms with van der Waals surface area (Å²) in [6.07, 6.45) is 0. The third kappa shape index (κ3) is 9.40. The molecule has 0 saturated heterocycles. The first kappa shape index (κ1) is 54.2. The number of benzene rings is 13. The summed E-state index contributed by atoms with van der Waals surface area (Å²) < 4.78 is 70.5. The highest BCUT2D eigenvalue weighted by atomic mass is 19.1. The van der Waals surface area contributed by atoms with Gasteiger partial charge in [-0.2, -0.15) is 0 Å². The van der Waals surface area contributed by atoms with Crippen LogP contribution in [0.25, 0.3) is 87.8 Å². The van der Waals surface area contributed by atoms with Gasteiger partial charge in [0.1, 0.15) is 62.1 Å². The molecule has 4 aromatic heterocycles. The number of anilines is 12. The Morgan fingerprint density at radius 1 is 0.185 bits per heavy atom. The molecule has 0 atom stereocenters. The molecule has 0 radical (unpaired) electrons. The summed E-state index contributed by atoms with van der Waals surface area (Å²) in [5.74, 6) is -1.04. The van der Waals surface area contributed by atoms with Crippen molar-refractivity contribution in [1.29, 1.82) is 0 Å². The van der Waals surface area contributed by atoms with Crippen LogP contribution in [-0.2, 0) is 0 Å². The van der Waals surface area contributed by atoms with Crippen molar-refractivity contribution >= 4 is 156 Å². The summed E-state index contributed by atoms with van der Waals surface area (Å²) in [5.41, 5.74) is 19.4. The van der Waals surface area contributed by atoms with Crippen molar-refractivity contribution in [2.45, 2.75) is 20.8 Å². The molecule has 11 heteroatoms. The molecule has 0 aliphatic heterocycles. The smallest absolute Gasteiger partial charge is 0.135 e. The Kier molecular flexibility index (Phi) is 12.6. The molecule has 0 aliphatic carbocycles. The van der Waals surface area contributed by atoms with Crippen LogP contribution in [0.3, 0.4) is 0 Å². The SMILES string of the molecule is Cc1ccc(N(c2ccc(C)cc2)c2ccc3oc4ccc(N(c5ccc(F)cc5)c5ccc6oc7ccc(N(c8ccc(F)cc8)c8ccc9oc%10ccc(N(c%11ccc(F)cc%11)c%11ccc%12oc%13ccc(C)cc%13c%12c%11)cc%10c9c8)cc7c6c5)cc4c3c2)cc1. The van der Waals surface area contributed by atoms with E-state index in [1.807, 2.05) is 91.0 Å². The molecule has 8 nitrogen and oxygen atoms in total. The van der Waals surface area contributed by atoms with Gasteiger partial charge in [0.05, 0.1) is 0 Å². The largest absolute Gasteiger partial charge is 0.456 e. The van der Waals surface area contributed by atoms with Crippen LogP contribution in [0.2, 0.25) is 0 Å². The maximum atomic E-state index is 14.9. The van der Waals surface area contributed by atoms with E-state index < -0.39 is 0 Å². The fraction of sp³-hybridized carbons (Fsp3) is 0.0370. The van der Waals surface area contributed by atoms with Crippen molar-refractivity contribution in [3.63, 3.8) is 0 Å². The number of nitrogens with zero attached hydrogens (tertiary/aromatic N) is 4. The topological polar surface area (TPSA) is 65.5 Å². The summed E-state index contributed by atoms with van der Waals surface area (Å²) in [6, 6.07) is 85.7. The summed E-state index contributed by atoms with van der Waals surface area (Å²) in [5, 5.41) is 7.25. The second-order valence-corrected chi connectivity index (χ2v) is 23.6. The lowest BCUT2D eigenvalue weighted by Gasteiger charge is -2.26. The number of aryl methyl sites for hydroxylation is 3. The summed E-state index contributed by atoms with van der Waals surface area (Å²) in [6.45, 7) is 6.25. The Morgan fingerprint density at radius 2 is 0.348 bits per heavy atom. The quantitative estimate of drug-likeness (QED) is 0.120. The predicted octanol–water partition coefficient (Wildman–Crippen LogP) is 24.5. The monoisotopic (exact) mass is 1200 g/mol. The second kappa shape index (κ2) is 21.4. The van der Waals surface area contributed by atoms with Crippen molar-refractivity contribution in [2.24, 2.45) is 0 Å². The Morgan fingerprint density at radius 3 is 0.576 bits per heavy atom. The van der Waals surface area contributed by atoms with Gasteiger partial charge in [-0.25, -0.2) is 13.2 Å². The number of rotatable bonds is 12. The molecule has 0 saturated carbocycles. The lowest BCUT2D eigenvalue weighted by molar-refractivity contribution is 0.627. The van der Waals surface area contributed by atoms with Gasteiger partial charge in [0.25, 0.3) is 0 Å². The molecule has 0 spiro atoms. The maximum Gasteiger partial charge on any atom is 0.135 e. The van der Waals surface area contributed by atoms with Crippen LogP contribution < -0.4 is 19.6 Å². The Labute approximate surface area is 525 Å². The minimum Gasteiger partial charge on any atom is -0.456 e. The van der Waals surface area contributed by atoms with Gasteiger partial charge in [-0.1, -0.05) is 47.0 Å². The van der Waals surface area contributed by atoms with Crippen molar-refractivity contribution in [3.8, 4) is 0 Å². The summed E-state index contributed by atoms with van der Waals surface area (Å²) in [7, 11) is 0.